The van der Waals surface area contributed by atoms with Crippen molar-refractivity contribution < 1.29 is 4.79 Å². The normalized spacial score (nSPS) is 27.5. The molecule has 5 nitrogen and oxygen atoms in total. The number of rotatable bonds is 3. The molecule has 1 amide bonds. The standard InChI is InChI=1S/C14H22N4OS.2ClH/c1-18-10-3-2-4-11(18)6-9(5-10)16-14(19)12-8-20-13(7-15)17-12;;/h8-11H,2-7,15H2,1H3,(H,16,19);2*1H. The molecule has 3 rings (SSSR count). The van der Waals surface area contributed by atoms with E-state index in [-0.39, 0.29) is 36.8 Å². The van der Waals surface area contributed by atoms with Gasteiger partial charge in [-0.25, -0.2) is 4.98 Å². The van der Waals surface area contributed by atoms with Gasteiger partial charge in [0.1, 0.15) is 10.7 Å². The number of nitrogens with zero attached hydrogens (tertiary/aromatic N) is 2. The second kappa shape index (κ2) is 8.45. The lowest BCUT2D eigenvalue weighted by Crippen LogP contribution is -2.55. The summed E-state index contributed by atoms with van der Waals surface area (Å²) >= 11 is 1.45. The summed E-state index contributed by atoms with van der Waals surface area (Å²) in [5.41, 5.74) is 6.05. The van der Waals surface area contributed by atoms with Crippen LogP contribution in [0.1, 0.15) is 47.6 Å². The Morgan fingerprint density at radius 2 is 2.05 bits per heavy atom. The fraction of sp³-hybridized carbons (Fsp3) is 0.714. The molecule has 0 spiro atoms. The van der Waals surface area contributed by atoms with E-state index in [0.29, 0.717) is 24.3 Å². The summed E-state index contributed by atoms with van der Waals surface area (Å²) in [5, 5.41) is 5.77. The van der Waals surface area contributed by atoms with E-state index in [4.69, 9.17) is 5.73 Å². The Labute approximate surface area is 147 Å². The van der Waals surface area contributed by atoms with Crippen LogP contribution >= 0.6 is 36.2 Å². The van der Waals surface area contributed by atoms with E-state index >= 15 is 0 Å². The second-order valence-electron chi connectivity index (χ2n) is 5.88. The maximum absolute atomic E-state index is 12.2. The van der Waals surface area contributed by atoms with Crippen LogP contribution in [0.25, 0.3) is 0 Å². The van der Waals surface area contributed by atoms with E-state index in [1.165, 1.54) is 30.6 Å². The Hall–Kier alpha value is -0.400. The van der Waals surface area contributed by atoms with E-state index < -0.39 is 0 Å². The van der Waals surface area contributed by atoms with Crippen LogP contribution in [-0.4, -0.2) is 41.0 Å². The van der Waals surface area contributed by atoms with Crippen molar-refractivity contribution >= 4 is 42.1 Å². The van der Waals surface area contributed by atoms with Crippen molar-refractivity contribution in [3.8, 4) is 0 Å². The van der Waals surface area contributed by atoms with E-state index in [0.717, 1.165) is 17.8 Å². The zero-order chi connectivity index (χ0) is 14.1. The van der Waals surface area contributed by atoms with Crippen molar-refractivity contribution in [1.82, 2.24) is 15.2 Å². The average Bonchev–Trinajstić information content (AvgIpc) is 2.89. The lowest BCUT2D eigenvalue weighted by Gasteiger charge is -2.47. The number of nitrogens with two attached hydrogens (primary N) is 1. The monoisotopic (exact) mass is 366 g/mol. The molecule has 126 valence electrons. The molecule has 0 saturated carbocycles. The predicted molar refractivity (Wildman–Crippen MR) is 94.2 cm³/mol. The van der Waals surface area contributed by atoms with E-state index in [2.05, 4.69) is 22.2 Å². The van der Waals surface area contributed by atoms with Crippen molar-refractivity contribution in [2.75, 3.05) is 7.05 Å². The largest absolute Gasteiger partial charge is 0.348 e. The molecule has 8 heteroatoms. The van der Waals surface area contributed by atoms with Gasteiger partial charge >= 0.3 is 0 Å². The first-order chi connectivity index (χ1) is 9.67. The molecule has 0 aromatic carbocycles. The third kappa shape index (κ3) is 4.11. The van der Waals surface area contributed by atoms with Gasteiger partial charge in [0, 0.05) is 30.1 Å². The SMILES string of the molecule is CN1C2CCCC1CC(NC(=O)c1csc(CN)n1)C2.Cl.Cl. The number of carbonyl (C=O) groups excluding carboxylic acids is 1. The van der Waals surface area contributed by atoms with Crippen molar-refractivity contribution in [3.05, 3.63) is 16.1 Å². The number of piperidine rings is 2. The third-order valence-electron chi connectivity index (χ3n) is 4.63. The van der Waals surface area contributed by atoms with Gasteiger partial charge in [-0.3, -0.25) is 4.79 Å². The Balaban J connectivity index is 0.00000121. The molecule has 2 aliphatic rings. The highest BCUT2D eigenvalue weighted by atomic mass is 35.5. The molecule has 2 fully saturated rings. The lowest BCUT2D eigenvalue weighted by molar-refractivity contribution is 0.0462. The Morgan fingerprint density at radius 3 is 2.59 bits per heavy atom. The van der Waals surface area contributed by atoms with Crippen LogP contribution in [-0.2, 0) is 6.54 Å². The summed E-state index contributed by atoms with van der Waals surface area (Å²) < 4.78 is 0. The van der Waals surface area contributed by atoms with Gasteiger partial charge in [0.15, 0.2) is 0 Å². The molecule has 2 saturated heterocycles. The molecule has 2 atom stereocenters. The molecule has 3 N–H and O–H groups in total. The minimum absolute atomic E-state index is 0. The molecule has 2 bridgehead atoms. The van der Waals surface area contributed by atoms with E-state index in [1.807, 2.05) is 0 Å². The Kier molecular flexibility index (Phi) is 7.55. The van der Waals surface area contributed by atoms with Gasteiger partial charge in [0.05, 0.1) is 0 Å². The number of halogens is 2. The molecule has 1 aromatic rings. The third-order valence-corrected chi connectivity index (χ3v) is 5.51. The van der Waals surface area contributed by atoms with Crippen molar-refractivity contribution in [3.63, 3.8) is 0 Å². The maximum atomic E-state index is 12.2. The number of thiazole rings is 1. The minimum Gasteiger partial charge on any atom is -0.348 e. The zero-order valence-corrected chi connectivity index (χ0v) is 15.1. The van der Waals surface area contributed by atoms with Gasteiger partial charge in [-0.2, -0.15) is 0 Å². The number of fused-ring (bicyclic) bond motifs is 2. The van der Waals surface area contributed by atoms with Crippen LogP contribution in [0, 0.1) is 0 Å². The number of carbonyl (C=O) groups is 1. The minimum atomic E-state index is -0.0476. The van der Waals surface area contributed by atoms with Crippen molar-refractivity contribution in [2.24, 2.45) is 5.73 Å². The Morgan fingerprint density at radius 1 is 1.41 bits per heavy atom. The van der Waals surface area contributed by atoms with Crippen LogP contribution in [0.2, 0.25) is 0 Å². The average molecular weight is 367 g/mol. The highest BCUT2D eigenvalue weighted by Crippen LogP contribution is 2.32. The van der Waals surface area contributed by atoms with Crippen molar-refractivity contribution in [2.45, 2.75) is 56.8 Å². The number of hydrogen-bond acceptors (Lipinski definition) is 5. The molecule has 0 radical (unpaired) electrons. The zero-order valence-electron chi connectivity index (χ0n) is 12.7. The molecule has 2 aliphatic heterocycles. The van der Waals surface area contributed by atoms with Crippen LogP contribution in [0.3, 0.4) is 0 Å². The molecule has 3 heterocycles. The summed E-state index contributed by atoms with van der Waals surface area (Å²) in [4.78, 5) is 19.0. The Bertz CT molecular complexity index is 485. The number of amides is 1. The highest BCUT2D eigenvalue weighted by molar-refractivity contribution is 7.09. The van der Waals surface area contributed by atoms with E-state index in [9.17, 15) is 4.79 Å². The van der Waals surface area contributed by atoms with Gasteiger partial charge in [-0.1, -0.05) is 6.42 Å². The van der Waals surface area contributed by atoms with Crippen LogP contribution in [0.15, 0.2) is 5.38 Å². The number of nitrogens with one attached hydrogen (secondary N) is 1. The lowest BCUT2D eigenvalue weighted by atomic mass is 9.82. The molecule has 22 heavy (non-hydrogen) atoms. The van der Waals surface area contributed by atoms with E-state index in [1.54, 1.807) is 5.38 Å². The molecular weight excluding hydrogens is 343 g/mol. The van der Waals surface area contributed by atoms with Crippen LogP contribution in [0.5, 0.6) is 0 Å². The maximum Gasteiger partial charge on any atom is 0.270 e. The molecule has 0 aliphatic carbocycles. The van der Waals surface area contributed by atoms with Gasteiger partial charge in [-0.15, -0.1) is 36.2 Å². The summed E-state index contributed by atoms with van der Waals surface area (Å²) in [6.45, 7) is 0.399. The van der Waals surface area contributed by atoms with Gasteiger partial charge in [0.2, 0.25) is 0 Å². The first-order valence-electron chi connectivity index (χ1n) is 7.34. The topological polar surface area (TPSA) is 71.2 Å². The fourth-order valence-electron chi connectivity index (χ4n) is 3.50. The quantitative estimate of drug-likeness (QED) is 0.859. The van der Waals surface area contributed by atoms with Crippen LogP contribution < -0.4 is 11.1 Å². The number of aromatic nitrogens is 1. The fourth-order valence-corrected chi connectivity index (χ4v) is 4.16. The number of hydrogen-bond donors (Lipinski definition) is 2. The summed E-state index contributed by atoms with van der Waals surface area (Å²) in [6, 6.07) is 1.54. The predicted octanol–water partition coefficient (Wildman–Crippen LogP) is 2.19. The smallest absolute Gasteiger partial charge is 0.270 e. The second-order valence-corrected chi connectivity index (χ2v) is 6.82. The van der Waals surface area contributed by atoms with Crippen LogP contribution in [0.4, 0.5) is 0 Å². The van der Waals surface area contributed by atoms with Gasteiger partial charge in [-0.05, 0) is 32.7 Å². The molecule has 2 unspecified atom stereocenters. The van der Waals surface area contributed by atoms with Gasteiger partial charge in [0.25, 0.3) is 5.91 Å². The molecular formula is C14H24Cl2N4OS. The summed E-state index contributed by atoms with van der Waals surface area (Å²) in [7, 11) is 2.22. The summed E-state index contributed by atoms with van der Waals surface area (Å²) in [6.07, 6.45) is 5.96. The highest BCUT2D eigenvalue weighted by Gasteiger charge is 2.36. The van der Waals surface area contributed by atoms with Crippen molar-refractivity contribution in [1.29, 1.82) is 0 Å². The first kappa shape index (κ1) is 19.6. The molecule has 1 aromatic heterocycles. The van der Waals surface area contributed by atoms with Gasteiger partial charge < -0.3 is 16.0 Å². The first-order valence-corrected chi connectivity index (χ1v) is 8.22. The summed E-state index contributed by atoms with van der Waals surface area (Å²) in [5.74, 6) is -0.0476.